The molecule has 1 aliphatic carbocycles. The van der Waals surface area contributed by atoms with Crippen molar-refractivity contribution in [2.75, 3.05) is 6.54 Å². The van der Waals surface area contributed by atoms with Gasteiger partial charge < -0.3 is 9.64 Å². The van der Waals surface area contributed by atoms with Crippen LogP contribution in [0.5, 0.6) is 5.88 Å². The first kappa shape index (κ1) is 23.8. The van der Waals surface area contributed by atoms with Gasteiger partial charge in [0.2, 0.25) is 11.8 Å². The lowest BCUT2D eigenvalue weighted by Crippen LogP contribution is -2.61. The predicted octanol–water partition coefficient (Wildman–Crippen LogP) is 8.12. The van der Waals surface area contributed by atoms with E-state index in [9.17, 15) is 4.79 Å². The molecule has 2 aliphatic heterocycles. The van der Waals surface area contributed by atoms with Gasteiger partial charge in [-0.1, -0.05) is 60.0 Å². The van der Waals surface area contributed by atoms with Crippen LogP contribution in [0.3, 0.4) is 0 Å². The fourth-order valence-electron chi connectivity index (χ4n) is 6.14. The predicted molar refractivity (Wildman–Crippen MR) is 144 cm³/mol. The summed E-state index contributed by atoms with van der Waals surface area (Å²) in [6, 6.07) is 17.7. The van der Waals surface area contributed by atoms with Crippen molar-refractivity contribution in [2.45, 2.75) is 64.0 Å². The van der Waals surface area contributed by atoms with Crippen molar-refractivity contribution < 1.29 is 9.53 Å². The summed E-state index contributed by atoms with van der Waals surface area (Å²) >= 11 is 12.9. The van der Waals surface area contributed by atoms with E-state index in [-0.39, 0.29) is 23.0 Å². The quantitative estimate of drug-likeness (QED) is 0.327. The topological polar surface area (TPSA) is 42.4 Å². The zero-order chi connectivity index (χ0) is 25.1. The van der Waals surface area contributed by atoms with Gasteiger partial charge in [0.1, 0.15) is 5.60 Å². The number of hydrogen-bond acceptors (Lipinski definition) is 3. The number of fused-ring (bicyclic) bond motifs is 1. The second-order valence-electron chi connectivity index (χ2n) is 11.1. The highest BCUT2D eigenvalue weighted by Gasteiger charge is 2.52. The number of halogens is 2. The lowest BCUT2D eigenvalue weighted by molar-refractivity contribution is -0.165. The number of nitrogens with zero attached hydrogens (tertiary/aromatic N) is 2. The maximum absolute atomic E-state index is 13.2. The number of amides is 1. The van der Waals surface area contributed by atoms with Crippen molar-refractivity contribution >= 4 is 29.1 Å². The molecule has 0 radical (unpaired) electrons. The number of hydrogen-bond donors (Lipinski definition) is 0. The number of pyridine rings is 1. The molecule has 4 nitrogen and oxygen atoms in total. The molecule has 1 amide bonds. The SMILES string of the molecule is CC1(C)CN(C2CC3(CCCCC3)Oc3nc(-c4ccccc4Cl)c(-c4ccc(Cl)cc4)cc32)C1=O. The molecule has 3 heterocycles. The first-order chi connectivity index (χ1) is 17.3. The molecule has 6 rings (SSSR count). The van der Waals surface area contributed by atoms with Crippen molar-refractivity contribution in [3.63, 3.8) is 0 Å². The summed E-state index contributed by atoms with van der Waals surface area (Å²) in [5.74, 6) is 0.841. The highest BCUT2D eigenvalue weighted by Crippen LogP contribution is 2.52. The van der Waals surface area contributed by atoms with Crippen molar-refractivity contribution in [1.82, 2.24) is 9.88 Å². The zero-order valence-electron chi connectivity index (χ0n) is 20.7. The number of likely N-dealkylation sites (tertiary alicyclic amines) is 1. The largest absolute Gasteiger partial charge is 0.471 e. The molecule has 2 fully saturated rings. The van der Waals surface area contributed by atoms with E-state index in [0.717, 1.165) is 66.6 Å². The van der Waals surface area contributed by atoms with Gasteiger partial charge in [0.15, 0.2) is 0 Å². The molecule has 0 N–H and O–H groups in total. The third-order valence-corrected chi connectivity index (χ3v) is 8.67. The summed E-state index contributed by atoms with van der Waals surface area (Å²) in [5.41, 5.74) is 3.98. The minimum absolute atomic E-state index is 0.0498. The third kappa shape index (κ3) is 3.99. The van der Waals surface area contributed by atoms with Gasteiger partial charge in [0.05, 0.1) is 17.2 Å². The summed E-state index contributed by atoms with van der Waals surface area (Å²) in [5, 5.41) is 1.32. The number of benzene rings is 2. The van der Waals surface area contributed by atoms with E-state index in [1.54, 1.807) is 0 Å². The Kier molecular flexibility index (Phi) is 5.81. The Hall–Kier alpha value is -2.56. The smallest absolute Gasteiger partial charge is 0.230 e. The number of rotatable bonds is 3. The minimum atomic E-state index is -0.317. The van der Waals surface area contributed by atoms with E-state index in [0.29, 0.717) is 15.9 Å². The molecular formula is C30H30Cl2N2O2. The highest BCUT2D eigenvalue weighted by atomic mass is 35.5. The molecule has 1 atom stereocenters. The average Bonchev–Trinajstić information content (AvgIpc) is 2.87. The maximum Gasteiger partial charge on any atom is 0.230 e. The van der Waals surface area contributed by atoms with Crippen LogP contribution in [0.1, 0.15) is 64.0 Å². The van der Waals surface area contributed by atoms with Gasteiger partial charge in [-0.15, -0.1) is 0 Å². The van der Waals surface area contributed by atoms with Crippen molar-refractivity contribution in [2.24, 2.45) is 5.41 Å². The standard InChI is InChI=1S/C30H30Cl2N2O2/c1-29(2)18-34(28(29)35)25-17-30(14-6-3-7-15-30)36-27-23(25)16-22(19-10-12-20(31)13-11-19)26(33-27)21-8-4-5-9-24(21)32/h4-5,8-13,16,25H,3,6-7,14-15,17-18H2,1-2H3. The van der Waals surface area contributed by atoms with Crippen molar-refractivity contribution in [3.05, 3.63) is 70.2 Å². The van der Waals surface area contributed by atoms with E-state index >= 15 is 0 Å². The molecular weight excluding hydrogens is 491 g/mol. The maximum atomic E-state index is 13.2. The third-order valence-electron chi connectivity index (χ3n) is 8.08. The Balaban J connectivity index is 1.55. The fourth-order valence-corrected chi connectivity index (χ4v) is 6.50. The second-order valence-corrected chi connectivity index (χ2v) is 12.0. The Bertz CT molecular complexity index is 1330. The molecule has 1 spiro atoms. The van der Waals surface area contributed by atoms with Gasteiger partial charge in [-0.25, -0.2) is 4.98 Å². The van der Waals surface area contributed by atoms with Crippen LogP contribution in [-0.2, 0) is 4.79 Å². The fraction of sp³-hybridized carbons (Fsp3) is 0.400. The van der Waals surface area contributed by atoms with E-state index in [1.807, 2.05) is 67.3 Å². The van der Waals surface area contributed by atoms with E-state index in [2.05, 4.69) is 6.07 Å². The van der Waals surface area contributed by atoms with E-state index < -0.39 is 0 Å². The van der Waals surface area contributed by atoms with Gasteiger partial charge in [0, 0.05) is 39.7 Å². The van der Waals surface area contributed by atoms with E-state index in [4.69, 9.17) is 32.9 Å². The first-order valence-corrected chi connectivity index (χ1v) is 13.6. The van der Waals surface area contributed by atoms with Crippen LogP contribution >= 0.6 is 23.2 Å². The Morgan fingerprint density at radius 2 is 1.69 bits per heavy atom. The van der Waals surface area contributed by atoms with Gasteiger partial charge in [-0.2, -0.15) is 0 Å². The van der Waals surface area contributed by atoms with Crippen molar-refractivity contribution in [1.29, 1.82) is 0 Å². The molecule has 36 heavy (non-hydrogen) atoms. The lowest BCUT2D eigenvalue weighted by atomic mass is 9.74. The van der Waals surface area contributed by atoms with Crippen LogP contribution in [0, 0.1) is 5.41 Å². The summed E-state index contributed by atoms with van der Waals surface area (Å²) in [4.78, 5) is 20.4. The monoisotopic (exact) mass is 520 g/mol. The van der Waals surface area contributed by atoms with Crippen LogP contribution in [-0.4, -0.2) is 27.9 Å². The summed E-state index contributed by atoms with van der Waals surface area (Å²) in [6.07, 6.45) is 6.32. The number of ether oxygens (including phenoxy) is 1. The van der Waals surface area contributed by atoms with Gasteiger partial charge >= 0.3 is 0 Å². The number of carbonyl (C=O) groups excluding carboxylic acids is 1. The summed E-state index contributed by atoms with van der Waals surface area (Å²) in [6.45, 7) is 4.80. The Labute approximate surface area is 222 Å². The number of aromatic nitrogens is 1. The Morgan fingerprint density at radius 1 is 0.972 bits per heavy atom. The van der Waals surface area contributed by atoms with Gasteiger partial charge in [-0.3, -0.25) is 4.79 Å². The Morgan fingerprint density at radius 3 is 2.36 bits per heavy atom. The van der Waals surface area contributed by atoms with Gasteiger partial charge in [0.25, 0.3) is 0 Å². The van der Waals surface area contributed by atoms with Crippen LogP contribution in [0.15, 0.2) is 54.6 Å². The molecule has 1 aromatic heterocycles. The molecule has 3 aliphatic rings. The van der Waals surface area contributed by atoms with Crippen LogP contribution in [0.25, 0.3) is 22.4 Å². The molecule has 2 aromatic carbocycles. The molecule has 186 valence electrons. The number of carbonyl (C=O) groups is 1. The highest BCUT2D eigenvalue weighted by molar-refractivity contribution is 6.33. The molecule has 0 bridgehead atoms. The molecule has 1 unspecified atom stereocenters. The molecule has 1 saturated carbocycles. The average molecular weight is 521 g/mol. The van der Waals surface area contributed by atoms with Gasteiger partial charge in [-0.05, 0) is 69.4 Å². The summed E-state index contributed by atoms with van der Waals surface area (Å²) in [7, 11) is 0. The van der Waals surface area contributed by atoms with Crippen LogP contribution in [0.2, 0.25) is 10.0 Å². The summed E-state index contributed by atoms with van der Waals surface area (Å²) < 4.78 is 6.80. The lowest BCUT2D eigenvalue weighted by Gasteiger charge is -2.53. The van der Waals surface area contributed by atoms with Crippen LogP contribution in [0.4, 0.5) is 0 Å². The second kappa shape index (κ2) is 8.78. The molecule has 1 saturated heterocycles. The van der Waals surface area contributed by atoms with E-state index in [1.165, 1.54) is 6.42 Å². The zero-order valence-corrected chi connectivity index (χ0v) is 22.2. The minimum Gasteiger partial charge on any atom is -0.471 e. The molecule has 3 aromatic rings. The normalized spacial score (nSPS) is 22.1. The number of β-lactam (4-membered cyclic amide) rings is 1. The van der Waals surface area contributed by atoms with Crippen molar-refractivity contribution in [3.8, 4) is 28.3 Å². The first-order valence-electron chi connectivity index (χ1n) is 12.8. The molecule has 6 heteroatoms. The van der Waals surface area contributed by atoms with Crippen LogP contribution < -0.4 is 4.74 Å².